The molecule has 584 valence electrons. The summed E-state index contributed by atoms with van der Waals surface area (Å²) in [6.45, 7) is 14.1. The van der Waals surface area contributed by atoms with Crippen molar-refractivity contribution in [2.75, 3.05) is 31.3 Å². The lowest BCUT2D eigenvalue weighted by molar-refractivity contribution is -0.238. The van der Waals surface area contributed by atoms with Crippen LogP contribution in [-0.2, 0) is 176 Å². The number of hydrogen-bond acceptors (Lipinski definition) is 41. The highest BCUT2D eigenvalue weighted by Crippen LogP contribution is 2.48. The van der Waals surface area contributed by atoms with E-state index < -0.39 is 274 Å². The Kier molecular flexibility index (Phi) is 34.4. The molecular formula is C62H83BrO37S4. The first-order valence-electron chi connectivity index (χ1n) is 31.7. The Hall–Kier alpha value is -6.80. The molecule has 5 rings (SSSR count). The van der Waals surface area contributed by atoms with Crippen LogP contribution in [0.4, 0.5) is 0 Å². The predicted octanol–water partition coefficient (Wildman–Crippen LogP) is 1.48. The average molecular weight is 1630 g/mol. The fourth-order valence-corrected chi connectivity index (χ4v) is 18.2. The maximum absolute atomic E-state index is 13.8. The van der Waals surface area contributed by atoms with Gasteiger partial charge in [0, 0.05) is 122 Å². The van der Waals surface area contributed by atoms with Gasteiger partial charge < -0.3 is 99.5 Å². The van der Waals surface area contributed by atoms with Gasteiger partial charge in [-0.15, -0.1) is 47.0 Å². The molecule has 0 aliphatic carbocycles. The van der Waals surface area contributed by atoms with E-state index in [0.29, 0.717) is 23.5 Å². The van der Waals surface area contributed by atoms with Crippen LogP contribution in [0.3, 0.4) is 0 Å². The standard InChI is InChI=1S/C62H83BrO37S4/c1-22(64)80-17-38-43(83-25(4)67)48(88-30(9)72)51(91-33(12)75)59(97-38)101-21-42-47(87-29(8)71)57(104-62-53(93-35(14)77)50(90-32(11)74)45(85-27(6)69)40(99-62)19-82-24(3)66)55(95-37(16)79)60(100-42)102-20-41-46(86-28(7)70)56(54(58(63)96-41)94-36(15)78)103-61-52(92-34(13)76)49(89-31(10)73)44(84-26(5)68)39(98-61)18-81-23(2)65/h38-62H,17-21H2,1-16H3/t38-,39-,40-,41-,42-,43-,44-,45-,46-,47-,48+,49+,50+,51-,52-,53-,54-,55-,56+,57+,58+,59+,60+,61+,62+/m1/s1. The number of hydrogen-bond donors (Lipinski definition) is 0. The largest absolute Gasteiger partial charge is 0.463 e. The number of ether oxygens (including phenoxy) is 21. The summed E-state index contributed by atoms with van der Waals surface area (Å²) < 4.78 is 124. The number of carbonyl (C=O) groups is 16. The lowest BCUT2D eigenvalue weighted by atomic mass is 9.99. The summed E-state index contributed by atoms with van der Waals surface area (Å²) in [5.41, 5.74) is -6.52. The SMILES string of the molecule is CC(=O)OC[C@H]1O[C@@H](SC[C@H]2O[C@@H](SC[C@H]3O[C@H](Br)[C@H](OC(C)=O)[C@@H](S[C@@H]4O[C@H](COC(C)=O)[C@@H](OC(C)=O)[C@H](OC(C)=O)[C@H]4OC(C)=O)[C@@H]3OC(C)=O)[C@H](OC(C)=O)[C@@H](S[C@@H]3O[C@H](COC(C)=O)[C@@H](OC(C)=O)[C@H](OC(C)=O)[C@H]3OC(C)=O)[C@@H]2OC(C)=O)[C@H](OC(C)=O)[C@@H](OC(C)=O)[C@@H]1OC(C)=O. The number of esters is 16. The first-order valence-corrected chi connectivity index (χ1v) is 36.6. The third-order valence-electron chi connectivity index (χ3n) is 14.7. The van der Waals surface area contributed by atoms with Crippen molar-refractivity contribution in [2.24, 2.45) is 0 Å². The van der Waals surface area contributed by atoms with Crippen molar-refractivity contribution in [2.45, 2.75) is 258 Å². The van der Waals surface area contributed by atoms with Crippen molar-refractivity contribution in [1.29, 1.82) is 0 Å². The Morgan fingerprint density at radius 3 is 0.750 bits per heavy atom. The number of rotatable bonds is 29. The summed E-state index contributed by atoms with van der Waals surface area (Å²) in [5, 5.41) is -4.43. The van der Waals surface area contributed by atoms with Crippen LogP contribution in [0.25, 0.3) is 0 Å². The summed E-state index contributed by atoms with van der Waals surface area (Å²) in [6.07, 6.45) is -29.7. The van der Waals surface area contributed by atoms with Gasteiger partial charge in [-0.05, 0) is 0 Å². The smallest absolute Gasteiger partial charge is 0.303 e. The van der Waals surface area contributed by atoms with Gasteiger partial charge in [-0.2, -0.15) is 0 Å². The molecule has 0 saturated carbocycles. The summed E-state index contributed by atoms with van der Waals surface area (Å²) in [5.74, 6) is -16.2. The molecule has 5 aliphatic heterocycles. The molecule has 0 aromatic carbocycles. The van der Waals surface area contributed by atoms with Gasteiger partial charge in [-0.25, -0.2) is 0 Å². The van der Waals surface area contributed by atoms with E-state index in [4.69, 9.17) is 99.5 Å². The maximum atomic E-state index is 13.8. The van der Waals surface area contributed by atoms with Gasteiger partial charge in [0.05, 0.1) is 10.5 Å². The first kappa shape index (κ1) is 87.8. The number of halogens is 1. The molecule has 0 aromatic heterocycles. The van der Waals surface area contributed by atoms with E-state index in [9.17, 15) is 76.7 Å². The lowest BCUT2D eigenvalue weighted by Crippen LogP contribution is -2.64. The zero-order valence-corrected chi connectivity index (χ0v) is 63.9. The Labute approximate surface area is 620 Å². The Morgan fingerprint density at radius 2 is 0.452 bits per heavy atom. The fourth-order valence-electron chi connectivity index (χ4n) is 11.4. The number of carbonyl (C=O) groups excluding carboxylic acids is 16. The van der Waals surface area contributed by atoms with Crippen molar-refractivity contribution in [3.05, 3.63) is 0 Å². The topological polar surface area (TPSA) is 467 Å². The molecule has 0 bridgehead atoms. The summed E-state index contributed by atoms with van der Waals surface area (Å²) in [4.78, 5) is 208. The van der Waals surface area contributed by atoms with Crippen molar-refractivity contribution in [1.82, 2.24) is 0 Å². The van der Waals surface area contributed by atoms with Crippen LogP contribution in [0.5, 0.6) is 0 Å². The first-order chi connectivity index (χ1) is 48.6. The molecule has 5 saturated heterocycles. The molecule has 0 amide bonds. The lowest BCUT2D eigenvalue weighted by Gasteiger charge is -2.50. The molecule has 0 aromatic rings. The van der Waals surface area contributed by atoms with E-state index in [0.717, 1.165) is 134 Å². The van der Waals surface area contributed by atoms with E-state index in [2.05, 4.69) is 15.9 Å². The molecule has 5 fully saturated rings. The van der Waals surface area contributed by atoms with E-state index in [1.54, 1.807) is 0 Å². The highest BCUT2D eigenvalue weighted by molar-refractivity contribution is 9.09. The van der Waals surface area contributed by atoms with E-state index in [1.807, 2.05) is 0 Å². The van der Waals surface area contributed by atoms with Crippen molar-refractivity contribution in [3.63, 3.8) is 0 Å². The quantitative estimate of drug-likeness (QED) is 0.0581. The Balaban J connectivity index is 1.78. The van der Waals surface area contributed by atoms with E-state index in [-0.39, 0.29) is 0 Å². The van der Waals surface area contributed by atoms with Gasteiger partial charge in [0.25, 0.3) is 0 Å². The number of thioether (sulfide) groups is 4. The zero-order chi connectivity index (χ0) is 77.9. The van der Waals surface area contributed by atoms with Crippen LogP contribution in [0, 0.1) is 0 Å². The van der Waals surface area contributed by atoms with E-state index in [1.165, 1.54) is 0 Å². The third kappa shape index (κ3) is 26.6. The molecule has 5 heterocycles. The highest BCUT2D eigenvalue weighted by atomic mass is 79.9. The number of alkyl halides is 1. The molecular weight excluding hydrogens is 1540 g/mol. The molecule has 0 radical (unpaired) electrons. The molecule has 42 heteroatoms. The minimum absolute atomic E-state index is 0.459. The van der Waals surface area contributed by atoms with Gasteiger partial charge in [-0.3, -0.25) is 76.7 Å². The zero-order valence-electron chi connectivity index (χ0n) is 59.1. The summed E-state index contributed by atoms with van der Waals surface area (Å²) >= 11 is 6.26. The van der Waals surface area contributed by atoms with Gasteiger partial charge in [0.15, 0.2) is 72.2 Å². The highest BCUT2D eigenvalue weighted by Gasteiger charge is 2.61. The molecule has 25 atom stereocenters. The monoisotopic (exact) mass is 1630 g/mol. The molecule has 0 unspecified atom stereocenters. The van der Waals surface area contributed by atoms with Crippen molar-refractivity contribution >= 4 is 158 Å². The van der Waals surface area contributed by atoms with Gasteiger partial charge in [0.1, 0.15) is 84.3 Å². The van der Waals surface area contributed by atoms with Gasteiger partial charge in [0.2, 0.25) is 0 Å². The fraction of sp³-hybridized carbons (Fsp3) is 0.742. The summed E-state index contributed by atoms with van der Waals surface area (Å²) in [7, 11) is 0. The van der Waals surface area contributed by atoms with Crippen molar-refractivity contribution < 1.29 is 176 Å². The molecule has 104 heavy (non-hydrogen) atoms. The average Bonchev–Trinajstić information content (AvgIpc) is 0.767. The normalized spacial score (nSPS) is 33.0. The third-order valence-corrected chi connectivity index (χ3v) is 20.8. The molecule has 5 aliphatic rings. The second-order valence-electron chi connectivity index (χ2n) is 23.4. The van der Waals surface area contributed by atoms with Crippen LogP contribution in [0.2, 0.25) is 0 Å². The minimum atomic E-state index is -1.83. The second kappa shape index (κ2) is 40.8. The summed E-state index contributed by atoms with van der Waals surface area (Å²) in [6, 6.07) is 0. The van der Waals surface area contributed by atoms with Crippen LogP contribution < -0.4 is 0 Å². The van der Waals surface area contributed by atoms with Crippen LogP contribution in [0.1, 0.15) is 111 Å². The molecule has 37 nitrogen and oxygen atoms in total. The molecule has 0 N–H and O–H groups in total. The van der Waals surface area contributed by atoms with Crippen molar-refractivity contribution in [3.8, 4) is 0 Å². The Morgan fingerprint density at radius 1 is 0.240 bits per heavy atom. The van der Waals surface area contributed by atoms with Crippen LogP contribution in [-0.4, -0.2) is 274 Å². The van der Waals surface area contributed by atoms with Gasteiger partial charge >= 0.3 is 95.5 Å². The Bertz CT molecular complexity index is 3140. The van der Waals surface area contributed by atoms with Crippen LogP contribution in [0.15, 0.2) is 0 Å². The maximum Gasteiger partial charge on any atom is 0.303 e. The van der Waals surface area contributed by atoms with E-state index >= 15 is 0 Å². The van der Waals surface area contributed by atoms with Gasteiger partial charge in [-0.1, -0.05) is 15.9 Å². The predicted molar refractivity (Wildman–Crippen MR) is 352 cm³/mol. The molecule has 0 spiro atoms. The minimum Gasteiger partial charge on any atom is -0.463 e. The second-order valence-corrected chi connectivity index (χ2v) is 29.2. The van der Waals surface area contributed by atoms with Crippen LogP contribution >= 0.6 is 63.0 Å².